The minimum atomic E-state index is -0.564. The highest BCUT2D eigenvalue weighted by Crippen LogP contribution is 2.21. The van der Waals surface area contributed by atoms with Crippen LogP contribution in [0.25, 0.3) is 0 Å². The highest BCUT2D eigenvalue weighted by Gasteiger charge is 2.20. The Morgan fingerprint density at radius 2 is 2.14 bits per heavy atom. The van der Waals surface area contributed by atoms with Gasteiger partial charge in [-0.05, 0) is 40.5 Å². The van der Waals surface area contributed by atoms with Gasteiger partial charge in [-0.3, -0.25) is 4.90 Å². The average molecular weight is 197 g/mol. The van der Waals surface area contributed by atoms with Gasteiger partial charge in [-0.2, -0.15) is 0 Å². The Bertz CT molecular complexity index is 213. The Morgan fingerprint density at radius 1 is 1.50 bits per heavy atom. The lowest BCUT2D eigenvalue weighted by atomic mass is 9.95. The highest BCUT2D eigenvalue weighted by molar-refractivity contribution is 5.11. The molecule has 0 spiro atoms. The van der Waals surface area contributed by atoms with Crippen LogP contribution in [0.4, 0.5) is 0 Å². The molecule has 1 heterocycles. The van der Waals surface area contributed by atoms with Crippen molar-refractivity contribution in [2.45, 2.75) is 52.2 Å². The Balaban J connectivity index is 2.51. The highest BCUT2D eigenvalue weighted by atomic mass is 16.3. The molecular weight excluding hydrogens is 174 g/mol. The van der Waals surface area contributed by atoms with Gasteiger partial charge < -0.3 is 5.11 Å². The third-order valence-corrected chi connectivity index (χ3v) is 2.65. The topological polar surface area (TPSA) is 23.5 Å². The van der Waals surface area contributed by atoms with Gasteiger partial charge in [0.05, 0.1) is 5.60 Å². The van der Waals surface area contributed by atoms with Crippen molar-refractivity contribution in [3.05, 3.63) is 11.6 Å². The molecule has 0 bridgehead atoms. The van der Waals surface area contributed by atoms with Gasteiger partial charge in [0, 0.05) is 19.1 Å². The van der Waals surface area contributed by atoms with Crippen LogP contribution in [0.2, 0.25) is 0 Å². The molecular formula is C12H23NO. The molecule has 0 saturated heterocycles. The largest absolute Gasteiger partial charge is 0.390 e. The molecule has 0 atom stereocenters. The van der Waals surface area contributed by atoms with E-state index < -0.39 is 5.60 Å². The third-order valence-electron chi connectivity index (χ3n) is 2.65. The Kier molecular flexibility index (Phi) is 3.73. The molecule has 1 aliphatic rings. The molecule has 0 aliphatic carbocycles. The lowest BCUT2D eigenvalue weighted by Crippen LogP contribution is -2.37. The van der Waals surface area contributed by atoms with Crippen molar-refractivity contribution in [3.8, 4) is 0 Å². The maximum atomic E-state index is 9.74. The molecule has 1 rings (SSSR count). The molecule has 2 nitrogen and oxygen atoms in total. The van der Waals surface area contributed by atoms with Gasteiger partial charge in [-0.15, -0.1) is 0 Å². The molecule has 0 radical (unpaired) electrons. The zero-order chi connectivity index (χ0) is 10.8. The molecule has 0 saturated carbocycles. The first kappa shape index (κ1) is 11.7. The summed E-state index contributed by atoms with van der Waals surface area (Å²) in [5.41, 5.74) is 0.823. The van der Waals surface area contributed by atoms with Crippen molar-refractivity contribution < 1.29 is 5.11 Å². The normalized spacial score (nSPS) is 20.0. The van der Waals surface area contributed by atoms with Gasteiger partial charge in [-0.25, -0.2) is 0 Å². The average Bonchev–Trinajstić information content (AvgIpc) is 2.01. The van der Waals surface area contributed by atoms with E-state index in [1.807, 2.05) is 13.8 Å². The van der Waals surface area contributed by atoms with E-state index in [1.54, 1.807) is 0 Å². The first-order valence-electron chi connectivity index (χ1n) is 5.53. The van der Waals surface area contributed by atoms with Gasteiger partial charge in [0.1, 0.15) is 0 Å². The van der Waals surface area contributed by atoms with Crippen LogP contribution in [0.5, 0.6) is 0 Å². The van der Waals surface area contributed by atoms with Crippen molar-refractivity contribution in [2.24, 2.45) is 0 Å². The number of aliphatic hydroxyl groups is 1. The number of nitrogens with zero attached hydrogens (tertiary/aromatic N) is 1. The van der Waals surface area contributed by atoms with Crippen LogP contribution in [0.3, 0.4) is 0 Å². The van der Waals surface area contributed by atoms with Gasteiger partial charge in [0.2, 0.25) is 0 Å². The third kappa shape index (κ3) is 3.81. The van der Waals surface area contributed by atoms with E-state index in [0.29, 0.717) is 6.04 Å². The second-order valence-electron chi connectivity index (χ2n) is 5.20. The van der Waals surface area contributed by atoms with Crippen LogP contribution in [-0.4, -0.2) is 34.7 Å². The molecule has 0 aromatic rings. The maximum Gasteiger partial charge on any atom is 0.0629 e. The van der Waals surface area contributed by atoms with E-state index >= 15 is 0 Å². The predicted octanol–water partition coefficient (Wildman–Crippen LogP) is 2.19. The quantitative estimate of drug-likeness (QED) is 0.701. The van der Waals surface area contributed by atoms with Gasteiger partial charge in [0.15, 0.2) is 0 Å². The lowest BCUT2D eigenvalue weighted by Gasteiger charge is -2.32. The van der Waals surface area contributed by atoms with Crippen LogP contribution in [0.15, 0.2) is 11.6 Å². The summed E-state index contributed by atoms with van der Waals surface area (Å²) >= 11 is 0. The molecule has 1 N–H and O–H groups in total. The summed E-state index contributed by atoms with van der Waals surface area (Å²) in [5.74, 6) is 0. The predicted molar refractivity (Wildman–Crippen MR) is 60.3 cm³/mol. The number of rotatable bonds is 3. The van der Waals surface area contributed by atoms with Crippen molar-refractivity contribution in [2.75, 3.05) is 13.1 Å². The van der Waals surface area contributed by atoms with E-state index in [9.17, 15) is 5.11 Å². The maximum absolute atomic E-state index is 9.74. The fourth-order valence-electron chi connectivity index (χ4n) is 1.96. The summed E-state index contributed by atoms with van der Waals surface area (Å²) in [5, 5.41) is 9.74. The second kappa shape index (κ2) is 4.45. The van der Waals surface area contributed by atoms with Crippen LogP contribution >= 0.6 is 0 Å². The van der Waals surface area contributed by atoms with Crippen molar-refractivity contribution in [1.82, 2.24) is 4.90 Å². The summed E-state index contributed by atoms with van der Waals surface area (Å²) in [4.78, 5) is 2.46. The standard InChI is InChI=1S/C12H23NO/c1-10(2)13-7-5-6-11(9-13)8-12(3,4)14/h6,10,14H,5,7-9H2,1-4H3. The van der Waals surface area contributed by atoms with E-state index in [4.69, 9.17) is 0 Å². The lowest BCUT2D eigenvalue weighted by molar-refractivity contribution is 0.0768. The first-order valence-corrected chi connectivity index (χ1v) is 5.53. The fourth-order valence-corrected chi connectivity index (χ4v) is 1.96. The van der Waals surface area contributed by atoms with Gasteiger partial charge in [0.25, 0.3) is 0 Å². The molecule has 0 unspecified atom stereocenters. The molecule has 0 fully saturated rings. The van der Waals surface area contributed by atoms with E-state index in [-0.39, 0.29) is 0 Å². The zero-order valence-corrected chi connectivity index (χ0v) is 9.88. The summed E-state index contributed by atoms with van der Waals surface area (Å²) < 4.78 is 0. The van der Waals surface area contributed by atoms with Crippen LogP contribution in [0, 0.1) is 0 Å². The van der Waals surface area contributed by atoms with E-state index in [1.165, 1.54) is 5.57 Å². The van der Waals surface area contributed by atoms with Crippen molar-refractivity contribution in [3.63, 3.8) is 0 Å². The van der Waals surface area contributed by atoms with Crippen LogP contribution in [-0.2, 0) is 0 Å². The first-order chi connectivity index (χ1) is 6.38. The molecule has 1 aliphatic heterocycles. The fraction of sp³-hybridized carbons (Fsp3) is 0.833. The van der Waals surface area contributed by atoms with Gasteiger partial charge >= 0.3 is 0 Å². The number of hydrogen-bond donors (Lipinski definition) is 1. The van der Waals surface area contributed by atoms with Gasteiger partial charge in [-0.1, -0.05) is 11.6 Å². The van der Waals surface area contributed by atoms with Crippen LogP contribution < -0.4 is 0 Å². The van der Waals surface area contributed by atoms with Crippen molar-refractivity contribution >= 4 is 0 Å². The smallest absolute Gasteiger partial charge is 0.0629 e. The molecule has 2 heteroatoms. The molecule has 14 heavy (non-hydrogen) atoms. The Hall–Kier alpha value is -0.340. The van der Waals surface area contributed by atoms with Crippen LogP contribution in [0.1, 0.15) is 40.5 Å². The van der Waals surface area contributed by atoms with E-state index in [2.05, 4.69) is 24.8 Å². The summed E-state index contributed by atoms with van der Waals surface area (Å²) in [7, 11) is 0. The Labute approximate surface area is 87.6 Å². The summed E-state index contributed by atoms with van der Waals surface area (Å²) in [6.07, 6.45) is 4.22. The zero-order valence-electron chi connectivity index (χ0n) is 9.88. The minimum absolute atomic E-state index is 0.564. The van der Waals surface area contributed by atoms with E-state index in [0.717, 1.165) is 25.9 Å². The minimum Gasteiger partial charge on any atom is -0.390 e. The summed E-state index contributed by atoms with van der Waals surface area (Å²) in [6, 6.07) is 0.612. The second-order valence-corrected chi connectivity index (χ2v) is 5.20. The molecule has 82 valence electrons. The molecule has 0 aromatic heterocycles. The molecule has 0 aromatic carbocycles. The summed E-state index contributed by atoms with van der Waals surface area (Å²) in [6.45, 7) is 10.4. The Morgan fingerprint density at radius 3 is 2.64 bits per heavy atom. The molecule has 0 amide bonds. The number of hydrogen-bond acceptors (Lipinski definition) is 2. The SMILES string of the molecule is CC(C)N1CCC=C(CC(C)(C)O)C1. The monoisotopic (exact) mass is 197 g/mol. The van der Waals surface area contributed by atoms with Crippen molar-refractivity contribution in [1.29, 1.82) is 0 Å².